The fourth-order valence-corrected chi connectivity index (χ4v) is 6.86. The Morgan fingerprint density at radius 1 is 0.533 bits per heavy atom. The van der Waals surface area contributed by atoms with Gasteiger partial charge in [-0.25, -0.2) is 0 Å². The molecule has 0 radical (unpaired) electrons. The van der Waals surface area contributed by atoms with Crippen molar-refractivity contribution in [3.63, 3.8) is 0 Å². The highest BCUT2D eigenvalue weighted by Crippen LogP contribution is 2.35. The van der Waals surface area contributed by atoms with Crippen LogP contribution in [0.5, 0.6) is 5.75 Å². The Labute approximate surface area is 179 Å². The van der Waals surface area contributed by atoms with Crippen LogP contribution in [0.2, 0.25) is 0 Å². The molecule has 0 aromatic heterocycles. The lowest BCUT2D eigenvalue weighted by atomic mass is 9.96. The Bertz CT molecular complexity index is 1110. The molecule has 4 aliphatic rings. The number of rotatable bonds is 3. The molecule has 0 atom stereocenters. The third kappa shape index (κ3) is 3.91. The normalized spacial score (nSPS) is 13.2. The van der Waals surface area contributed by atoms with Crippen LogP contribution in [0, 0.1) is 0 Å². The van der Waals surface area contributed by atoms with Crippen molar-refractivity contribution in [2.45, 2.75) is 25.7 Å². The van der Waals surface area contributed by atoms with Gasteiger partial charge in [-0.1, -0.05) is 91.0 Å². The van der Waals surface area contributed by atoms with Crippen LogP contribution in [0.25, 0.3) is 0 Å². The van der Waals surface area contributed by atoms with Crippen LogP contribution in [-0.4, -0.2) is 5.11 Å². The molecule has 4 aromatic rings. The first-order valence-electron chi connectivity index (χ1n) is 10.6. The Hall–Kier alpha value is -2.89. The fourth-order valence-electron chi connectivity index (χ4n) is 4.30. The zero-order valence-corrected chi connectivity index (χ0v) is 17.9. The first kappa shape index (κ1) is 19.1. The van der Waals surface area contributed by atoms with Gasteiger partial charge < -0.3 is 5.11 Å². The fraction of sp³-hybridized carbons (Fsp3) is 0.143. The molecule has 4 aliphatic carbocycles. The third-order valence-corrected chi connectivity index (χ3v) is 8.46. The van der Waals surface area contributed by atoms with Gasteiger partial charge in [0.25, 0.3) is 0 Å². The van der Waals surface area contributed by atoms with Gasteiger partial charge in [-0.05, 0) is 77.8 Å². The van der Waals surface area contributed by atoms with Crippen molar-refractivity contribution in [2.75, 3.05) is 0 Å². The summed E-state index contributed by atoms with van der Waals surface area (Å²) in [6.45, 7) is 0. The summed E-state index contributed by atoms with van der Waals surface area (Å²) in [6.07, 6.45) is 3.71. The van der Waals surface area contributed by atoms with E-state index in [1.165, 1.54) is 32.6 Å². The van der Waals surface area contributed by atoms with E-state index < -0.39 is 7.92 Å². The van der Waals surface area contributed by atoms with Crippen LogP contribution in [0.4, 0.5) is 0 Å². The van der Waals surface area contributed by atoms with Crippen LogP contribution in [0.1, 0.15) is 22.3 Å². The molecule has 0 spiro atoms. The molecule has 148 valence electrons. The summed E-state index contributed by atoms with van der Waals surface area (Å²) in [7, 11) is -0.612. The molecular formula is C28H25OP. The minimum Gasteiger partial charge on any atom is -0.508 e. The van der Waals surface area contributed by atoms with Crippen molar-refractivity contribution in [1.29, 1.82) is 0 Å². The van der Waals surface area contributed by atoms with Gasteiger partial charge in [0.05, 0.1) is 0 Å². The van der Waals surface area contributed by atoms with Crippen LogP contribution in [-0.2, 0) is 25.7 Å². The zero-order valence-electron chi connectivity index (χ0n) is 17.0. The molecule has 1 N–H and O–H groups in total. The highest BCUT2D eigenvalue weighted by atomic mass is 31.1. The summed E-state index contributed by atoms with van der Waals surface area (Å²) in [4.78, 5) is 0. The second kappa shape index (κ2) is 8.46. The van der Waals surface area contributed by atoms with Crippen molar-refractivity contribution in [2.24, 2.45) is 0 Å². The van der Waals surface area contributed by atoms with Crippen molar-refractivity contribution in [3.8, 4) is 5.75 Å². The van der Waals surface area contributed by atoms with Crippen LogP contribution >= 0.6 is 7.92 Å². The van der Waals surface area contributed by atoms with E-state index >= 15 is 0 Å². The first-order chi connectivity index (χ1) is 14.8. The van der Waals surface area contributed by atoms with E-state index in [-0.39, 0.29) is 0 Å². The second-order valence-corrected chi connectivity index (χ2v) is 10.1. The Morgan fingerprint density at radius 2 is 1.07 bits per heavy atom. The maximum atomic E-state index is 10.4. The lowest BCUT2D eigenvalue weighted by Gasteiger charge is -2.24. The monoisotopic (exact) mass is 408 g/mol. The second-order valence-electron chi connectivity index (χ2n) is 7.93. The van der Waals surface area contributed by atoms with Gasteiger partial charge in [0.2, 0.25) is 0 Å². The summed E-state index contributed by atoms with van der Waals surface area (Å²) in [6, 6.07) is 35.2. The van der Waals surface area contributed by atoms with Gasteiger partial charge in [-0.3, -0.25) is 0 Å². The lowest BCUT2D eigenvalue weighted by molar-refractivity contribution is 0.467. The first-order valence-corrected chi connectivity index (χ1v) is 11.9. The van der Waals surface area contributed by atoms with E-state index in [1.54, 1.807) is 0 Å². The van der Waals surface area contributed by atoms with E-state index in [1.807, 2.05) is 6.07 Å². The van der Waals surface area contributed by atoms with Crippen LogP contribution < -0.4 is 15.9 Å². The van der Waals surface area contributed by atoms with Crippen molar-refractivity contribution in [3.05, 3.63) is 119 Å². The summed E-state index contributed by atoms with van der Waals surface area (Å²) >= 11 is 0. The highest BCUT2D eigenvalue weighted by Gasteiger charge is 2.20. The van der Waals surface area contributed by atoms with E-state index in [4.69, 9.17) is 0 Å². The minimum atomic E-state index is -0.612. The predicted octanol–water partition coefficient (Wildman–Crippen LogP) is 5.03. The minimum absolute atomic E-state index is 0.443. The van der Waals surface area contributed by atoms with Gasteiger partial charge in [-0.15, -0.1) is 0 Å². The van der Waals surface area contributed by atoms with Gasteiger partial charge in [0.1, 0.15) is 5.75 Å². The molecule has 0 fully saturated rings. The quantitative estimate of drug-likeness (QED) is 0.471. The predicted molar refractivity (Wildman–Crippen MR) is 128 cm³/mol. The SMILES string of the molecule is Oc1cc2ccc1CCc1ccc(c(P(c3ccccc3)c3ccccc3)c1)CC2. The van der Waals surface area contributed by atoms with Gasteiger partial charge in [0, 0.05) is 0 Å². The third-order valence-electron chi connectivity index (χ3n) is 5.94. The van der Waals surface area contributed by atoms with E-state index in [9.17, 15) is 5.11 Å². The topological polar surface area (TPSA) is 20.2 Å². The summed E-state index contributed by atoms with van der Waals surface area (Å²) in [5.41, 5.74) is 5.01. The van der Waals surface area contributed by atoms with Gasteiger partial charge in [0.15, 0.2) is 0 Å². The average molecular weight is 408 g/mol. The Morgan fingerprint density at radius 3 is 1.67 bits per heavy atom. The van der Waals surface area contributed by atoms with Crippen LogP contribution in [0.15, 0.2) is 97.1 Å². The zero-order chi connectivity index (χ0) is 20.3. The van der Waals surface area contributed by atoms with E-state index in [2.05, 4.69) is 91.0 Å². The number of aryl methyl sites for hydroxylation is 4. The summed E-state index contributed by atoms with van der Waals surface area (Å²) < 4.78 is 0. The highest BCUT2D eigenvalue weighted by molar-refractivity contribution is 7.79. The largest absolute Gasteiger partial charge is 0.508 e. The number of phenols is 1. The van der Waals surface area contributed by atoms with E-state index in [0.717, 1.165) is 31.2 Å². The number of phenolic OH excluding ortho intramolecular Hbond substituents is 1. The molecule has 1 nitrogen and oxygen atoms in total. The lowest BCUT2D eigenvalue weighted by Crippen LogP contribution is -2.24. The summed E-state index contributed by atoms with van der Waals surface area (Å²) in [5, 5.41) is 14.7. The van der Waals surface area contributed by atoms with Gasteiger partial charge >= 0.3 is 0 Å². The molecular weight excluding hydrogens is 383 g/mol. The van der Waals surface area contributed by atoms with E-state index in [0.29, 0.717) is 5.75 Å². The number of hydrogen-bond acceptors (Lipinski definition) is 1. The smallest absolute Gasteiger partial charge is 0.119 e. The number of hydrogen-bond donors (Lipinski definition) is 1. The molecule has 0 heterocycles. The maximum absolute atomic E-state index is 10.4. The van der Waals surface area contributed by atoms with Crippen molar-refractivity contribution in [1.82, 2.24) is 0 Å². The number of aromatic hydroxyl groups is 1. The van der Waals surface area contributed by atoms with Crippen molar-refractivity contribution < 1.29 is 5.11 Å². The molecule has 0 saturated heterocycles. The molecule has 30 heavy (non-hydrogen) atoms. The number of benzene rings is 4. The molecule has 8 rings (SSSR count). The maximum Gasteiger partial charge on any atom is 0.119 e. The Kier molecular flexibility index (Phi) is 5.39. The molecule has 0 amide bonds. The molecule has 4 aromatic carbocycles. The summed E-state index contributed by atoms with van der Waals surface area (Å²) in [5.74, 6) is 0.443. The standard InChI is InChI=1S/C28H25OP/c29-27-19-21-11-15-23(27)16-12-22-14-18-24(17-13-21)28(20-22)30(25-7-3-1-4-8-25)26-9-5-2-6-10-26/h1-11,14-15,18-20,29H,12-13,16-17H2. The van der Waals surface area contributed by atoms with Crippen molar-refractivity contribution >= 4 is 23.8 Å². The van der Waals surface area contributed by atoms with Gasteiger partial charge in [-0.2, -0.15) is 0 Å². The molecule has 4 bridgehead atoms. The average Bonchev–Trinajstić information content (AvgIpc) is 2.78. The molecule has 0 unspecified atom stereocenters. The Balaban J connectivity index is 1.64. The molecule has 0 saturated carbocycles. The van der Waals surface area contributed by atoms with Crippen LogP contribution in [0.3, 0.4) is 0 Å². The molecule has 2 heteroatoms. The molecule has 0 aliphatic heterocycles.